The summed E-state index contributed by atoms with van der Waals surface area (Å²) in [5, 5.41) is 3.02. The second kappa shape index (κ2) is 9.54. The number of carbonyl (C=O) groups is 3. The van der Waals surface area contributed by atoms with E-state index in [1.54, 1.807) is 16.7 Å². The predicted molar refractivity (Wildman–Crippen MR) is 101 cm³/mol. The lowest BCUT2D eigenvalue weighted by Crippen LogP contribution is -2.58. The minimum Gasteiger partial charge on any atom is -0.450 e. The van der Waals surface area contributed by atoms with Crippen molar-refractivity contribution in [1.29, 1.82) is 0 Å². The minimum atomic E-state index is -0.649. The predicted octanol–water partition coefficient (Wildman–Crippen LogP) is 1.15. The molecule has 0 spiro atoms. The molecule has 8 heteroatoms. The van der Waals surface area contributed by atoms with E-state index in [2.05, 4.69) is 5.32 Å². The van der Waals surface area contributed by atoms with Gasteiger partial charge >= 0.3 is 6.09 Å². The van der Waals surface area contributed by atoms with Gasteiger partial charge in [0.25, 0.3) is 0 Å². The Labute approximate surface area is 164 Å². The van der Waals surface area contributed by atoms with Crippen molar-refractivity contribution in [1.82, 2.24) is 15.1 Å². The smallest absolute Gasteiger partial charge is 0.409 e. The van der Waals surface area contributed by atoms with E-state index in [9.17, 15) is 14.4 Å². The second-order valence-electron chi connectivity index (χ2n) is 7.01. The van der Waals surface area contributed by atoms with Crippen molar-refractivity contribution in [2.75, 3.05) is 32.9 Å². The summed E-state index contributed by atoms with van der Waals surface area (Å²) in [6, 6.07) is 8.92. The summed E-state index contributed by atoms with van der Waals surface area (Å²) in [5.41, 5.74) is 0.971. The maximum Gasteiger partial charge on any atom is 0.409 e. The topological polar surface area (TPSA) is 88.2 Å². The van der Waals surface area contributed by atoms with Gasteiger partial charge in [-0.05, 0) is 25.3 Å². The molecule has 1 atom stereocenters. The van der Waals surface area contributed by atoms with Gasteiger partial charge in [0.2, 0.25) is 11.8 Å². The van der Waals surface area contributed by atoms with E-state index in [-0.39, 0.29) is 37.2 Å². The SMILES string of the molecule is CCOC(=O)N1CCC(NC(=O)[C@@H]2COCC(=O)N2Cc2ccccc2)CC1. The number of likely N-dealkylation sites (tertiary alicyclic amines) is 1. The first kappa shape index (κ1) is 20.1. The van der Waals surface area contributed by atoms with E-state index in [1.165, 1.54) is 0 Å². The fourth-order valence-electron chi connectivity index (χ4n) is 3.52. The molecule has 0 aromatic heterocycles. The Morgan fingerprint density at radius 1 is 1.21 bits per heavy atom. The standard InChI is InChI=1S/C20H27N3O5/c1-2-28-20(26)22-10-8-16(9-11-22)21-19(25)17-13-27-14-18(24)23(17)12-15-6-4-3-5-7-15/h3-7,16-17H,2,8-14H2,1H3,(H,21,25)/t17-/m0/s1. The van der Waals surface area contributed by atoms with Gasteiger partial charge in [0, 0.05) is 25.7 Å². The van der Waals surface area contributed by atoms with Gasteiger partial charge in [-0.2, -0.15) is 0 Å². The number of amides is 3. The lowest BCUT2D eigenvalue weighted by Gasteiger charge is -2.37. The number of hydrogen-bond acceptors (Lipinski definition) is 5. The fourth-order valence-corrected chi connectivity index (χ4v) is 3.52. The number of benzene rings is 1. The summed E-state index contributed by atoms with van der Waals surface area (Å²) in [5.74, 6) is -0.397. The third-order valence-corrected chi connectivity index (χ3v) is 5.06. The highest BCUT2D eigenvalue weighted by Crippen LogP contribution is 2.16. The van der Waals surface area contributed by atoms with Crippen LogP contribution in [0.15, 0.2) is 30.3 Å². The zero-order valence-corrected chi connectivity index (χ0v) is 16.1. The molecule has 3 amide bonds. The van der Waals surface area contributed by atoms with Crippen LogP contribution in [-0.4, -0.2) is 72.7 Å². The third-order valence-electron chi connectivity index (χ3n) is 5.06. The van der Waals surface area contributed by atoms with Gasteiger partial charge in [-0.1, -0.05) is 30.3 Å². The number of carbonyl (C=O) groups excluding carboxylic acids is 3. The monoisotopic (exact) mass is 389 g/mol. The Balaban J connectivity index is 1.56. The summed E-state index contributed by atoms with van der Waals surface area (Å²) >= 11 is 0. The number of nitrogens with zero attached hydrogens (tertiary/aromatic N) is 2. The zero-order valence-electron chi connectivity index (χ0n) is 16.1. The highest BCUT2D eigenvalue weighted by atomic mass is 16.6. The van der Waals surface area contributed by atoms with Crippen molar-refractivity contribution in [3.63, 3.8) is 0 Å². The number of morpholine rings is 1. The first-order valence-electron chi connectivity index (χ1n) is 9.71. The number of ether oxygens (including phenoxy) is 2. The normalized spacial score (nSPS) is 20.8. The molecule has 3 rings (SSSR count). The Kier molecular flexibility index (Phi) is 6.86. The van der Waals surface area contributed by atoms with Gasteiger partial charge in [0.05, 0.1) is 13.2 Å². The van der Waals surface area contributed by atoms with E-state index in [4.69, 9.17) is 9.47 Å². The van der Waals surface area contributed by atoms with Crippen molar-refractivity contribution in [2.24, 2.45) is 0 Å². The molecule has 2 saturated heterocycles. The molecular weight excluding hydrogens is 362 g/mol. The number of hydrogen-bond donors (Lipinski definition) is 1. The Morgan fingerprint density at radius 3 is 2.61 bits per heavy atom. The van der Waals surface area contributed by atoms with Gasteiger partial charge in [-0.3, -0.25) is 9.59 Å². The van der Waals surface area contributed by atoms with E-state index in [0.29, 0.717) is 39.1 Å². The molecule has 0 saturated carbocycles. The first-order chi connectivity index (χ1) is 13.6. The van der Waals surface area contributed by atoms with Gasteiger partial charge in [-0.25, -0.2) is 4.79 Å². The van der Waals surface area contributed by atoms with E-state index >= 15 is 0 Å². The van der Waals surface area contributed by atoms with Crippen LogP contribution < -0.4 is 5.32 Å². The quantitative estimate of drug-likeness (QED) is 0.816. The molecule has 1 aromatic carbocycles. The van der Waals surface area contributed by atoms with E-state index in [1.807, 2.05) is 30.3 Å². The fraction of sp³-hybridized carbons (Fsp3) is 0.550. The average Bonchev–Trinajstić information content (AvgIpc) is 2.71. The van der Waals surface area contributed by atoms with Crippen molar-refractivity contribution in [2.45, 2.75) is 38.4 Å². The Hall–Kier alpha value is -2.61. The van der Waals surface area contributed by atoms with Crippen LogP contribution in [0, 0.1) is 0 Å². The number of rotatable bonds is 5. The summed E-state index contributed by atoms with van der Waals surface area (Å²) in [4.78, 5) is 40.2. The number of nitrogens with one attached hydrogen (secondary N) is 1. The summed E-state index contributed by atoms with van der Waals surface area (Å²) in [6.07, 6.45) is 1.00. The highest BCUT2D eigenvalue weighted by molar-refractivity contribution is 5.89. The van der Waals surface area contributed by atoms with Crippen molar-refractivity contribution < 1.29 is 23.9 Å². The summed E-state index contributed by atoms with van der Waals surface area (Å²) in [6.45, 7) is 3.76. The molecule has 0 unspecified atom stereocenters. The molecule has 28 heavy (non-hydrogen) atoms. The Morgan fingerprint density at radius 2 is 1.93 bits per heavy atom. The highest BCUT2D eigenvalue weighted by Gasteiger charge is 2.35. The first-order valence-corrected chi connectivity index (χ1v) is 9.71. The molecule has 2 aliphatic rings. The van der Waals surface area contributed by atoms with Crippen LogP contribution >= 0.6 is 0 Å². The lowest BCUT2D eigenvalue weighted by atomic mass is 10.0. The molecule has 2 fully saturated rings. The van der Waals surface area contributed by atoms with Crippen LogP contribution in [0.4, 0.5) is 4.79 Å². The van der Waals surface area contributed by atoms with Crippen LogP contribution in [0.5, 0.6) is 0 Å². The maximum absolute atomic E-state index is 12.8. The molecule has 1 aromatic rings. The molecule has 8 nitrogen and oxygen atoms in total. The largest absolute Gasteiger partial charge is 0.450 e. The molecule has 0 bridgehead atoms. The molecule has 2 heterocycles. The van der Waals surface area contributed by atoms with E-state index in [0.717, 1.165) is 5.56 Å². The third kappa shape index (κ3) is 5.01. The second-order valence-corrected chi connectivity index (χ2v) is 7.01. The maximum atomic E-state index is 12.8. The van der Waals surface area contributed by atoms with Gasteiger partial charge in [0.15, 0.2) is 0 Å². The van der Waals surface area contributed by atoms with E-state index < -0.39 is 6.04 Å². The van der Waals surface area contributed by atoms with Crippen molar-refractivity contribution in [3.05, 3.63) is 35.9 Å². The van der Waals surface area contributed by atoms with Gasteiger partial charge in [0.1, 0.15) is 12.6 Å². The number of piperidine rings is 1. The van der Waals surface area contributed by atoms with Gasteiger partial charge < -0.3 is 24.6 Å². The average molecular weight is 389 g/mol. The van der Waals surface area contributed by atoms with Crippen LogP contribution in [-0.2, 0) is 25.6 Å². The zero-order chi connectivity index (χ0) is 19.9. The minimum absolute atomic E-state index is 0.00541. The lowest BCUT2D eigenvalue weighted by molar-refractivity contribution is -0.156. The molecule has 152 valence electrons. The Bertz CT molecular complexity index is 688. The van der Waals surface area contributed by atoms with Crippen LogP contribution in [0.3, 0.4) is 0 Å². The molecule has 2 aliphatic heterocycles. The van der Waals surface area contributed by atoms with Crippen LogP contribution in [0.25, 0.3) is 0 Å². The summed E-state index contributed by atoms with van der Waals surface area (Å²) in [7, 11) is 0. The molecule has 0 radical (unpaired) electrons. The van der Waals surface area contributed by atoms with Gasteiger partial charge in [-0.15, -0.1) is 0 Å². The molecule has 1 N–H and O–H groups in total. The van der Waals surface area contributed by atoms with Crippen LogP contribution in [0.2, 0.25) is 0 Å². The molecular formula is C20H27N3O5. The van der Waals surface area contributed by atoms with Crippen LogP contribution in [0.1, 0.15) is 25.3 Å². The summed E-state index contributed by atoms with van der Waals surface area (Å²) < 4.78 is 10.3. The van der Waals surface area contributed by atoms with Crippen molar-refractivity contribution >= 4 is 17.9 Å². The van der Waals surface area contributed by atoms with Crippen molar-refractivity contribution in [3.8, 4) is 0 Å². The molecule has 0 aliphatic carbocycles.